The molecule has 1 N–H and O–H groups in total. The Morgan fingerprint density at radius 3 is 2.41 bits per heavy atom. The van der Waals surface area contributed by atoms with E-state index in [-0.39, 0.29) is 6.04 Å². The molecule has 0 saturated carbocycles. The predicted octanol–water partition coefficient (Wildman–Crippen LogP) is 2.41. The fourth-order valence-corrected chi connectivity index (χ4v) is 1.77. The fraction of sp³-hybridized carbons (Fsp3) is 0.429. The molecule has 0 spiro atoms. The number of ether oxygens (including phenoxy) is 2. The molecule has 1 atom stereocenters. The van der Waals surface area contributed by atoms with Gasteiger partial charge in [0.25, 0.3) is 0 Å². The van der Waals surface area contributed by atoms with Gasteiger partial charge in [0, 0.05) is 6.04 Å². The summed E-state index contributed by atoms with van der Waals surface area (Å²) in [4.78, 5) is 0. The lowest BCUT2D eigenvalue weighted by Gasteiger charge is -2.17. The highest BCUT2D eigenvalue weighted by Gasteiger charge is 2.10. The van der Waals surface area contributed by atoms with Crippen LogP contribution < -0.4 is 14.8 Å². The summed E-state index contributed by atoms with van der Waals surface area (Å²) in [6.07, 6.45) is 0.895. The van der Waals surface area contributed by atoms with E-state index < -0.39 is 0 Å². The van der Waals surface area contributed by atoms with Crippen molar-refractivity contribution >= 4 is 0 Å². The summed E-state index contributed by atoms with van der Waals surface area (Å²) in [6, 6.07) is 6.27. The molecule has 1 unspecified atom stereocenters. The van der Waals surface area contributed by atoms with E-state index in [1.165, 1.54) is 5.56 Å². The van der Waals surface area contributed by atoms with Gasteiger partial charge in [0.05, 0.1) is 14.2 Å². The van der Waals surface area contributed by atoms with Crippen molar-refractivity contribution in [2.24, 2.45) is 0 Å². The van der Waals surface area contributed by atoms with Gasteiger partial charge >= 0.3 is 0 Å². The van der Waals surface area contributed by atoms with Crippen LogP contribution in [-0.4, -0.2) is 27.3 Å². The molecule has 0 aliphatic heterocycles. The monoisotopic (exact) mass is 235 g/mol. The van der Waals surface area contributed by atoms with Gasteiger partial charge in [0.2, 0.25) is 0 Å². The Morgan fingerprint density at radius 1 is 1.29 bits per heavy atom. The zero-order valence-electron chi connectivity index (χ0n) is 11.0. The number of methoxy groups -OCH3 is 2. The second-order valence-corrected chi connectivity index (χ2v) is 4.08. The normalized spacial score (nSPS) is 12.0. The standard InChI is InChI=1S/C14H21NO2/c1-10(2)12(15-3)8-11-6-7-13(16-4)14(9-11)17-5/h6-7,9,12,15H,1,8H2,2-5H3. The summed E-state index contributed by atoms with van der Waals surface area (Å²) in [5, 5.41) is 3.24. The summed E-state index contributed by atoms with van der Waals surface area (Å²) in [5.41, 5.74) is 2.33. The molecule has 0 aromatic heterocycles. The molecule has 1 rings (SSSR count). The molecular weight excluding hydrogens is 214 g/mol. The van der Waals surface area contributed by atoms with Crippen LogP contribution in [-0.2, 0) is 6.42 Å². The topological polar surface area (TPSA) is 30.5 Å². The van der Waals surface area contributed by atoms with E-state index in [0.717, 1.165) is 23.5 Å². The number of rotatable bonds is 6. The maximum absolute atomic E-state index is 5.28. The highest BCUT2D eigenvalue weighted by Crippen LogP contribution is 2.28. The van der Waals surface area contributed by atoms with Gasteiger partial charge in [-0.2, -0.15) is 0 Å². The van der Waals surface area contributed by atoms with Crippen molar-refractivity contribution in [2.75, 3.05) is 21.3 Å². The largest absolute Gasteiger partial charge is 0.493 e. The Kier molecular flexibility index (Phi) is 5.04. The number of nitrogens with one attached hydrogen (secondary N) is 1. The first-order valence-corrected chi connectivity index (χ1v) is 5.66. The zero-order chi connectivity index (χ0) is 12.8. The summed E-state index contributed by atoms with van der Waals surface area (Å²) in [7, 11) is 5.23. The lowest BCUT2D eigenvalue weighted by Crippen LogP contribution is -2.28. The third-order valence-electron chi connectivity index (χ3n) is 2.83. The van der Waals surface area contributed by atoms with E-state index in [9.17, 15) is 0 Å². The third kappa shape index (κ3) is 3.49. The molecule has 0 bridgehead atoms. The van der Waals surface area contributed by atoms with E-state index in [4.69, 9.17) is 9.47 Å². The molecule has 3 heteroatoms. The SMILES string of the molecule is C=C(C)C(Cc1ccc(OC)c(OC)c1)NC. The average molecular weight is 235 g/mol. The maximum atomic E-state index is 5.28. The average Bonchev–Trinajstić information content (AvgIpc) is 2.35. The zero-order valence-corrected chi connectivity index (χ0v) is 11.0. The van der Waals surface area contributed by atoms with E-state index >= 15 is 0 Å². The summed E-state index contributed by atoms with van der Waals surface area (Å²) >= 11 is 0. The molecular formula is C14H21NO2. The van der Waals surface area contributed by atoms with Crippen LogP contribution >= 0.6 is 0 Å². The first kappa shape index (κ1) is 13.6. The van der Waals surface area contributed by atoms with Crippen molar-refractivity contribution in [3.8, 4) is 11.5 Å². The van der Waals surface area contributed by atoms with Gasteiger partial charge in [0.1, 0.15) is 0 Å². The number of hydrogen-bond donors (Lipinski definition) is 1. The van der Waals surface area contributed by atoms with Crippen LogP contribution in [0.15, 0.2) is 30.4 Å². The molecule has 0 aliphatic carbocycles. The molecule has 3 nitrogen and oxygen atoms in total. The van der Waals surface area contributed by atoms with Crippen LogP contribution in [0.5, 0.6) is 11.5 Å². The van der Waals surface area contributed by atoms with Crippen LogP contribution in [0.2, 0.25) is 0 Å². The van der Waals surface area contributed by atoms with Gasteiger partial charge < -0.3 is 14.8 Å². The molecule has 0 amide bonds. The van der Waals surface area contributed by atoms with Gasteiger partial charge in [-0.15, -0.1) is 0 Å². The molecule has 0 radical (unpaired) electrons. The van der Waals surface area contributed by atoms with Crippen molar-refractivity contribution < 1.29 is 9.47 Å². The Labute approximate surface area is 103 Å². The third-order valence-corrected chi connectivity index (χ3v) is 2.83. The highest BCUT2D eigenvalue weighted by atomic mass is 16.5. The Hall–Kier alpha value is -1.48. The van der Waals surface area contributed by atoms with Crippen LogP contribution in [0, 0.1) is 0 Å². The minimum Gasteiger partial charge on any atom is -0.493 e. The second kappa shape index (κ2) is 6.30. The second-order valence-electron chi connectivity index (χ2n) is 4.08. The quantitative estimate of drug-likeness (QED) is 0.768. The van der Waals surface area contributed by atoms with Gasteiger partial charge in [-0.05, 0) is 38.1 Å². The van der Waals surface area contributed by atoms with Crippen molar-refractivity contribution in [1.29, 1.82) is 0 Å². The molecule has 17 heavy (non-hydrogen) atoms. The smallest absolute Gasteiger partial charge is 0.160 e. The summed E-state index contributed by atoms with van der Waals surface area (Å²) in [6.45, 7) is 6.01. The molecule has 1 aromatic carbocycles. The Bertz CT molecular complexity index is 388. The predicted molar refractivity (Wildman–Crippen MR) is 70.9 cm³/mol. The van der Waals surface area contributed by atoms with E-state index in [1.54, 1.807) is 14.2 Å². The fourth-order valence-electron chi connectivity index (χ4n) is 1.77. The van der Waals surface area contributed by atoms with E-state index in [1.807, 2.05) is 26.1 Å². The minimum atomic E-state index is 0.285. The van der Waals surface area contributed by atoms with Crippen molar-refractivity contribution in [2.45, 2.75) is 19.4 Å². The molecule has 94 valence electrons. The van der Waals surface area contributed by atoms with Gasteiger partial charge in [-0.1, -0.05) is 18.2 Å². The first-order chi connectivity index (χ1) is 8.12. The number of likely N-dealkylation sites (N-methyl/N-ethyl adjacent to an activating group) is 1. The molecule has 0 saturated heterocycles. The van der Waals surface area contributed by atoms with Crippen molar-refractivity contribution in [3.05, 3.63) is 35.9 Å². The van der Waals surface area contributed by atoms with Crippen molar-refractivity contribution in [3.63, 3.8) is 0 Å². The summed E-state index contributed by atoms with van der Waals surface area (Å²) < 4.78 is 10.5. The molecule has 1 aromatic rings. The lowest BCUT2D eigenvalue weighted by molar-refractivity contribution is 0.354. The highest BCUT2D eigenvalue weighted by molar-refractivity contribution is 5.43. The van der Waals surface area contributed by atoms with E-state index in [0.29, 0.717) is 0 Å². The van der Waals surface area contributed by atoms with Crippen LogP contribution in [0.3, 0.4) is 0 Å². The molecule has 0 aliphatic rings. The molecule has 0 heterocycles. The van der Waals surface area contributed by atoms with Gasteiger partial charge in [-0.3, -0.25) is 0 Å². The van der Waals surface area contributed by atoms with E-state index in [2.05, 4.69) is 18.0 Å². The summed E-state index contributed by atoms with van der Waals surface area (Å²) in [5.74, 6) is 1.52. The van der Waals surface area contributed by atoms with Gasteiger partial charge in [0.15, 0.2) is 11.5 Å². The van der Waals surface area contributed by atoms with Crippen molar-refractivity contribution in [1.82, 2.24) is 5.32 Å². The number of benzene rings is 1. The Balaban J connectivity index is 2.88. The lowest BCUT2D eigenvalue weighted by atomic mass is 10.0. The van der Waals surface area contributed by atoms with Crippen LogP contribution in [0.4, 0.5) is 0 Å². The number of hydrogen-bond acceptors (Lipinski definition) is 3. The van der Waals surface area contributed by atoms with Crippen LogP contribution in [0.1, 0.15) is 12.5 Å². The maximum Gasteiger partial charge on any atom is 0.160 e. The minimum absolute atomic E-state index is 0.285. The van der Waals surface area contributed by atoms with Crippen LogP contribution in [0.25, 0.3) is 0 Å². The first-order valence-electron chi connectivity index (χ1n) is 5.66. The Morgan fingerprint density at radius 2 is 1.94 bits per heavy atom. The van der Waals surface area contributed by atoms with Gasteiger partial charge in [-0.25, -0.2) is 0 Å². The molecule has 0 fully saturated rings.